The van der Waals surface area contributed by atoms with E-state index in [1.54, 1.807) is 0 Å². The third-order valence-electron chi connectivity index (χ3n) is 1.10. The summed E-state index contributed by atoms with van der Waals surface area (Å²) in [5, 5.41) is 0. The predicted molar refractivity (Wildman–Crippen MR) is 31.5 cm³/mol. The first-order valence-electron chi connectivity index (χ1n) is 2.82. The Kier molecular flexibility index (Phi) is 2.15. The first kappa shape index (κ1) is 8.48. The fourth-order valence-corrected chi connectivity index (χ4v) is 0.629. The summed E-state index contributed by atoms with van der Waals surface area (Å²) in [5.41, 5.74) is 0. The number of nitrogens with zero attached hydrogens (tertiary/aromatic N) is 2. The van der Waals surface area contributed by atoms with Gasteiger partial charge in [-0.05, 0) is 7.05 Å². The van der Waals surface area contributed by atoms with E-state index < -0.39 is 12.7 Å². The van der Waals surface area contributed by atoms with Gasteiger partial charge in [-0.2, -0.15) is 0 Å². The van der Waals surface area contributed by atoms with Crippen LogP contribution in [0.15, 0.2) is 4.99 Å². The Bertz CT molecular complexity index is 168. The van der Waals surface area contributed by atoms with E-state index in [4.69, 9.17) is 0 Å². The highest BCUT2D eigenvalue weighted by molar-refractivity contribution is 5.68. The quantitative estimate of drug-likeness (QED) is 0.581. The molecule has 63 valence electrons. The van der Waals surface area contributed by atoms with Crippen molar-refractivity contribution in [2.24, 2.45) is 4.99 Å². The molecule has 1 aliphatic heterocycles. The van der Waals surface area contributed by atoms with E-state index in [0.717, 1.165) is 0 Å². The van der Waals surface area contributed by atoms with Crippen molar-refractivity contribution in [1.29, 1.82) is 0 Å². The molecule has 11 heavy (non-hydrogen) atoms. The molecule has 0 bridgehead atoms. The van der Waals surface area contributed by atoms with E-state index in [1.807, 2.05) is 0 Å². The Morgan fingerprint density at radius 3 is 2.55 bits per heavy atom. The molecular formula is C5H6F3N2O. The van der Waals surface area contributed by atoms with E-state index in [2.05, 4.69) is 9.73 Å². The highest BCUT2D eigenvalue weighted by Gasteiger charge is 2.36. The molecule has 0 aromatic rings. The van der Waals surface area contributed by atoms with Gasteiger partial charge in [-0.1, -0.05) is 0 Å². The maximum absolute atomic E-state index is 11.5. The van der Waals surface area contributed by atoms with Crippen molar-refractivity contribution >= 4 is 6.21 Å². The fourth-order valence-electron chi connectivity index (χ4n) is 0.629. The van der Waals surface area contributed by atoms with Crippen molar-refractivity contribution in [2.75, 3.05) is 7.05 Å². The van der Waals surface area contributed by atoms with E-state index in [-0.39, 0.29) is 0 Å². The van der Waals surface area contributed by atoms with Crippen LogP contribution in [0.4, 0.5) is 13.2 Å². The lowest BCUT2D eigenvalue weighted by atomic mass is 10.7. The Balaban J connectivity index is 2.43. The molecule has 0 amide bonds. The van der Waals surface area contributed by atoms with Gasteiger partial charge in [-0.25, -0.2) is 4.99 Å². The van der Waals surface area contributed by atoms with Crippen LogP contribution >= 0.6 is 0 Å². The molecule has 0 saturated heterocycles. The largest absolute Gasteiger partial charge is 0.525 e. The lowest BCUT2D eigenvalue weighted by Gasteiger charge is -2.18. The van der Waals surface area contributed by atoms with Crippen LogP contribution < -0.4 is 0 Å². The monoisotopic (exact) mass is 167 g/mol. The van der Waals surface area contributed by atoms with Crippen LogP contribution in [0.5, 0.6) is 0 Å². The summed E-state index contributed by atoms with van der Waals surface area (Å²) in [6.07, 6.45) is -4.62. The van der Waals surface area contributed by atoms with Gasteiger partial charge in [-0.3, -0.25) is 9.64 Å². The number of aliphatic imine (C=N–C) groups is 1. The van der Waals surface area contributed by atoms with E-state index >= 15 is 0 Å². The Labute approximate surface area is 61.5 Å². The molecule has 6 heteroatoms. The van der Waals surface area contributed by atoms with Gasteiger partial charge in [0.1, 0.15) is 0 Å². The Morgan fingerprint density at radius 2 is 2.18 bits per heavy atom. The van der Waals surface area contributed by atoms with Gasteiger partial charge in [0.15, 0.2) is 0 Å². The Hall–Kier alpha value is -0.620. The summed E-state index contributed by atoms with van der Waals surface area (Å²) < 4.78 is 38.2. The highest BCUT2D eigenvalue weighted by atomic mass is 19.4. The van der Waals surface area contributed by atoms with Crippen LogP contribution in [0.2, 0.25) is 0 Å². The minimum absolute atomic E-state index is 1.22. The second kappa shape index (κ2) is 2.78. The number of hydrogen-bond donors (Lipinski definition) is 0. The van der Waals surface area contributed by atoms with Crippen molar-refractivity contribution in [2.45, 2.75) is 12.7 Å². The summed E-state index contributed by atoms with van der Waals surface area (Å²) in [6.45, 7) is 1.40. The van der Waals surface area contributed by atoms with Gasteiger partial charge in [-0.15, -0.1) is 13.2 Å². The molecule has 1 aliphatic rings. The Morgan fingerprint density at radius 1 is 1.55 bits per heavy atom. The molecule has 1 heterocycles. The smallest absolute Gasteiger partial charge is 0.252 e. The second-order valence-corrected chi connectivity index (χ2v) is 2.00. The third-order valence-corrected chi connectivity index (χ3v) is 1.10. The van der Waals surface area contributed by atoms with Crippen LogP contribution in [-0.4, -0.2) is 30.9 Å². The molecule has 0 aromatic carbocycles. The van der Waals surface area contributed by atoms with E-state index in [0.29, 0.717) is 0 Å². The minimum Gasteiger partial charge on any atom is -0.252 e. The number of hydrogen-bond acceptors (Lipinski definition) is 3. The zero-order chi connectivity index (χ0) is 8.48. The van der Waals surface area contributed by atoms with Crippen molar-refractivity contribution in [1.82, 2.24) is 4.90 Å². The summed E-state index contributed by atoms with van der Waals surface area (Å²) >= 11 is 0. The topological polar surface area (TPSA) is 24.8 Å². The highest BCUT2D eigenvalue weighted by Crippen LogP contribution is 2.22. The molecule has 0 aromatic heterocycles. The second-order valence-electron chi connectivity index (χ2n) is 2.00. The minimum atomic E-state index is -4.63. The molecule has 1 unspecified atom stereocenters. The van der Waals surface area contributed by atoms with Crippen LogP contribution in [0.1, 0.15) is 0 Å². The summed E-state index contributed by atoms with van der Waals surface area (Å²) in [6, 6.07) is 0. The summed E-state index contributed by atoms with van der Waals surface area (Å²) in [4.78, 5) is 4.62. The maximum Gasteiger partial charge on any atom is 0.525 e. The first-order chi connectivity index (χ1) is 4.99. The first-order valence-corrected chi connectivity index (χ1v) is 2.82. The third kappa shape index (κ3) is 2.47. The number of alkyl halides is 3. The maximum atomic E-state index is 11.5. The van der Waals surface area contributed by atoms with Gasteiger partial charge in [0.2, 0.25) is 6.35 Å². The molecule has 1 atom stereocenters. The van der Waals surface area contributed by atoms with Gasteiger partial charge in [0.25, 0.3) is 0 Å². The van der Waals surface area contributed by atoms with Crippen molar-refractivity contribution in [3.63, 3.8) is 0 Å². The molecule has 1 rings (SSSR count). The number of halogens is 3. The van der Waals surface area contributed by atoms with Gasteiger partial charge in [0, 0.05) is 6.21 Å². The molecule has 3 nitrogen and oxygen atoms in total. The SMILES string of the molecule is CN1[CH]C=NC1OC(F)(F)F. The van der Waals surface area contributed by atoms with Gasteiger partial charge < -0.3 is 0 Å². The van der Waals surface area contributed by atoms with Crippen molar-refractivity contribution < 1.29 is 17.9 Å². The van der Waals surface area contributed by atoms with Crippen LogP contribution in [0.3, 0.4) is 0 Å². The molecular weight excluding hydrogens is 161 g/mol. The summed E-state index contributed by atoms with van der Waals surface area (Å²) in [5.74, 6) is 0. The molecule has 0 N–H and O–H groups in total. The van der Waals surface area contributed by atoms with Crippen molar-refractivity contribution in [3.8, 4) is 0 Å². The van der Waals surface area contributed by atoms with E-state index in [9.17, 15) is 13.2 Å². The zero-order valence-corrected chi connectivity index (χ0v) is 5.67. The molecule has 1 radical (unpaired) electrons. The molecule has 0 spiro atoms. The standard InChI is InChI=1S/C5H6F3N2O/c1-10-3-2-9-4(10)11-5(6,7)8/h2-4H,1H3. The predicted octanol–water partition coefficient (Wildman–Crippen LogP) is 0.984. The molecule has 0 saturated carbocycles. The normalized spacial score (nSPS) is 26.4. The van der Waals surface area contributed by atoms with Crippen LogP contribution in [-0.2, 0) is 4.74 Å². The fraction of sp³-hybridized carbons (Fsp3) is 0.600. The lowest BCUT2D eigenvalue weighted by molar-refractivity contribution is -0.354. The summed E-state index contributed by atoms with van der Waals surface area (Å²) in [7, 11) is 1.45. The zero-order valence-electron chi connectivity index (χ0n) is 5.67. The number of rotatable bonds is 1. The van der Waals surface area contributed by atoms with Crippen molar-refractivity contribution in [3.05, 3.63) is 6.54 Å². The van der Waals surface area contributed by atoms with Crippen LogP contribution in [0, 0.1) is 6.54 Å². The van der Waals surface area contributed by atoms with Gasteiger partial charge >= 0.3 is 6.36 Å². The molecule has 0 fully saturated rings. The lowest BCUT2D eigenvalue weighted by Crippen LogP contribution is -2.31. The molecule has 0 aliphatic carbocycles. The van der Waals surface area contributed by atoms with E-state index in [1.165, 1.54) is 24.7 Å². The average molecular weight is 167 g/mol. The van der Waals surface area contributed by atoms with Gasteiger partial charge in [0.05, 0.1) is 6.54 Å². The average Bonchev–Trinajstić information content (AvgIpc) is 2.12. The van der Waals surface area contributed by atoms with Crippen LogP contribution in [0.25, 0.3) is 0 Å². The number of ether oxygens (including phenoxy) is 1.